The maximum absolute atomic E-state index is 4.53. The fourth-order valence-electron chi connectivity index (χ4n) is 9.23. The van der Waals surface area contributed by atoms with Crippen molar-refractivity contribution in [2.45, 2.75) is 55.4 Å². The molecule has 2 N–H and O–H groups in total. The van der Waals surface area contributed by atoms with Gasteiger partial charge in [-0.1, -0.05) is 121 Å². The zero-order chi connectivity index (χ0) is 43.1. The second kappa shape index (κ2) is 17.3. The molecule has 9 aromatic rings. The largest absolute Gasteiger partial charge is 0.285 e. The van der Waals surface area contributed by atoms with Crippen molar-refractivity contribution in [3.8, 4) is 44.8 Å². The first-order chi connectivity index (χ1) is 30.1. The van der Waals surface area contributed by atoms with Gasteiger partial charge in [0.15, 0.2) is 0 Å². The van der Waals surface area contributed by atoms with Gasteiger partial charge in [0, 0.05) is 23.5 Å². The molecule has 0 aliphatic heterocycles. The number of H-pyrrole nitrogens is 2. The topological polar surface area (TPSA) is 57.4 Å². The molecule has 0 amide bonds. The van der Waals surface area contributed by atoms with Gasteiger partial charge < -0.3 is 0 Å². The molecule has 0 spiro atoms. The Labute approximate surface area is 369 Å². The Morgan fingerprint density at radius 1 is 0.323 bits per heavy atom. The fourth-order valence-corrected chi connectivity index (χ4v) is 15.4. The smallest absolute Gasteiger partial charge is 0.0920 e. The standard InChI is InChI=1S/C56H52N4P2/c1-35-13-9-14-36(2)53(35)61(54-37(3)15-10-16-38(54)4)51-33-48(44-23-27-46(28-24-44)50-30-32-58-60-50)52(34-47(51)43-21-25-45(26-22-43)49-29-31-57-59-49)62(55-39(5)17-11-18-40(55)6)56-41(7)19-12-20-42(56)8/h9-34H,1-8H3,(H,57,59)(H,58,60). The maximum Gasteiger partial charge on any atom is 0.0920 e. The molecule has 0 saturated heterocycles. The van der Waals surface area contributed by atoms with E-state index in [1.54, 1.807) is 0 Å². The van der Waals surface area contributed by atoms with Crippen molar-refractivity contribution in [3.05, 3.63) is 202 Å². The minimum atomic E-state index is -1.05. The van der Waals surface area contributed by atoms with Crippen LogP contribution < -0.4 is 31.8 Å². The van der Waals surface area contributed by atoms with Crippen LogP contribution in [-0.4, -0.2) is 20.4 Å². The Morgan fingerprint density at radius 3 is 0.823 bits per heavy atom. The molecule has 0 aliphatic rings. The summed E-state index contributed by atoms with van der Waals surface area (Å²) in [4.78, 5) is 0. The highest BCUT2D eigenvalue weighted by Gasteiger charge is 2.32. The van der Waals surface area contributed by atoms with Crippen LogP contribution in [0.5, 0.6) is 0 Å². The van der Waals surface area contributed by atoms with Crippen molar-refractivity contribution in [3.63, 3.8) is 0 Å². The molecular formula is C56H52N4P2. The Kier molecular flexibility index (Phi) is 11.5. The highest BCUT2D eigenvalue weighted by atomic mass is 31.1. The first-order valence-corrected chi connectivity index (χ1v) is 24.0. The van der Waals surface area contributed by atoms with Crippen LogP contribution in [0.1, 0.15) is 44.5 Å². The predicted octanol–water partition coefficient (Wildman–Crippen LogP) is 11.8. The second-order valence-corrected chi connectivity index (χ2v) is 20.7. The SMILES string of the molecule is Cc1cccc(C)c1P(c1cc(-c2ccc(-c3cc[nH]n3)cc2)c(P(c2c(C)cccc2C)c2c(C)cccc2C)cc1-c1ccc(-c2cc[nH]n2)cc1)c1c(C)cccc1C. The predicted molar refractivity (Wildman–Crippen MR) is 268 cm³/mol. The van der Waals surface area contributed by atoms with Crippen molar-refractivity contribution in [2.24, 2.45) is 0 Å². The van der Waals surface area contributed by atoms with Gasteiger partial charge in [-0.15, -0.1) is 0 Å². The molecule has 0 radical (unpaired) electrons. The van der Waals surface area contributed by atoms with E-state index in [2.05, 4.69) is 209 Å². The van der Waals surface area contributed by atoms with Gasteiger partial charge in [0.05, 0.1) is 11.4 Å². The molecule has 6 heteroatoms. The average molecular weight is 843 g/mol. The number of nitrogens with zero attached hydrogens (tertiary/aromatic N) is 2. The first kappa shape index (κ1) is 41.2. The van der Waals surface area contributed by atoms with Crippen LogP contribution in [0.3, 0.4) is 0 Å². The Bertz CT molecular complexity index is 2640. The van der Waals surface area contributed by atoms with Gasteiger partial charge in [-0.05, 0) is 194 Å². The number of aromatic amines is 2. The van der Waals surface area contributed by atoms with E-state index < -0.39 is 15.8 Å². The quantitative estimate of drug-likeness (QED) is 0.135. The lowest BCUT2D eigenvalue weighted by molar-refractivity contribution is 1.10. The third-order valence-corrected chi connectivity index (χ3v) is 18.5. The van der Waals surface area contributed by atoms with Gasteiger partial charge in [0.2, 0.25) is 0 Å². The zero-order valence-electron chi connectivity index (χ0n) is 36.8. The lowest BCUT2D eigenvalue weighted by Crippen LogP contribution is -2.32. The van der Waals surface area contributed by atoms with E-state index in [-0.39, 0.29) is 0 Å². The van der Waals surface area contributed by atoms with Gasteiger partial charge in [0.25, 0.3) is 0 Å². The molecular weight excluding hydrogens is 791 g/mol. The number of hydrogen-bond acceptors (Lipinski definition) is 2. The molecule has 9 rings (SSSR count). The van der Waals surface area contributed by atoms with Crippen LogP contribution >= 0.6 is 15.8 Å². The third-order valence-electron chi connectivity index (χ3n) is 12.2. The van der Waals surface area contributed by atoms with Crippen LogP contribution in [0.4, 0.5) is 0 Å². The second-order valence-electron chi connectivity index (χ2n) is 16.6. The van der Waals surface area contributed by atoms with Crippen molar-refractivity contribution < 1.29 is 0 Å². The third kappa shape index (κ3) is 7.68. The lowest BCUT2D eigenvalue weighted by atomic mass is 9.98. The lowest BCUT2D eigenvalue weighted by Gasteiger charge is -2.32. The molecule has 62 heavy (non-hydrogen) atoms. The van der Waals surface area contributed by atoms with Crippen LogP contribution in [-0.2, 0) is 0 Å². The summed E-state index contributed by atoms with van der Waals surface area (Å²) in [5.74, 6) is 0. The van der Waals surface area contributed by atoms with E-state index >= 15 is 0 Å². The van der Waals surface area contributed by atoms with E-state index in [4.69, 9.17) is 0 Å². The molecule has 4 nitrogen and oxygen atoms in total. The average Bonchev–Trinajstić information content (AvgIpc) is 4.01. The van der Waals surface area contributed by atoms with Crippen molar-refractivity contribution in [1.82, 2.24) is 20.4 Å². The molecule has 0 aliphatic carbocycles. The molecule has 306 valence electrons. The van der Waals surface area contributed by atoms with Crippen molar-refractivity contribution in [1.29, 1.82) is 0 Å². The summed E-state index contributed by atoms with van der Waals surface area (Å²) < 4.78 is 0. The Hall–Kier alpha value is -6.18. The van der Waals surface area contributed by atoms with Crippen molar-refractivity contribution in [2.75, 3.05) is 0 Å². The van der Waals surface area contributed by atoms with E-state index in [0.29, 0.717) is 0 Å². The van der Waals surface area contributed by atoms with Crippen molar-refractivity contribution >= 4 is 47.7 Å². The van der Waals surface area contributed by atoms with Crippen LogP contribution in [0.15, 0.2) is 158 Å². The maximum atomic E-state index is 4.53. The summed E-state index contributed by atoms with van der Waals surface area (Å²) in [5.41, 5.74) is 19.6. The normalized spacial score (nSPS) is 11.5. The van der Waals surface area contributed by atoms with E-state index in [1.165, 1.54) is 98.6 Å². The van der Waals surface area contributed by atoms with E-state index in [1.807, 2.05) is 24.5 Å². The number of benzene rings is 7. The highest BCUT2D eigenvalue weighted by Crippen LogP contribution is 2.47. The molecule has 2 aromatic heterocycles. The summed E-state index contributed by atoms with van der Waals surface area (Å²) in [6, 6.07) is 54.7. The minimum Gasteiger partial charge on any atom is -0.285 e. The number of aromatic nitrogens is 4. The van der Waals surface area contributed by atoms with Gasteiger partial charge in [-0.25, -0.2) is 0 Å². The molecule has 0 bridgehead atoms. The van der Waals surface area contributed by atoms with Gasteiger partial charge >= 0.3 is 0 Å². The summed E-state index contributed by atoms with van der Waals surface area (Å²) in [5, 5.41) is 23.5. The number of nitrogens with one attached hydrogen (secondary N) is 2. The summed E-state index contributed by atoms with van der Waals surface area (Å²) in [6.45, 7) is 18.4. The molecule has 7 aromatic carbocycles. The molecule has 0 atom stereocenters. The molecule has 0 saturated carbocycles. The van der Waals surface area contributed by atoms with Crippen LogP contribution in [0.2, 0.25) is 0 Å². The number of rotatable bonds is 10. The Balaban J connectivity index is 1.44. The summed E-state index contributed by atoms with van der Waals surface area (Å²) >= 11 is 0. The molecule has 0 unspecified atom stereocenters. The van der Waals surface area contributed by atoms with E-state index in [0.717, 1.165) is 22.5 Å². The van der Waals surface area contributed by atoms with Crippen LogP contribution in [0.25, 0.3) is 44.8 Å². The first-order valence-electron chi connectivity index (χ1n) is 21.3. The molecule has 2 heterocycles. The number of aryl methyl sites for hydroxylation is 8. The summed E-state index contributed by atoms with van der Waals surface area (Å²) in [7, 11) is -2.10. The Morgan fingerprint density at radius 2 is 0.581 bits per heavy atom. The van der Waals surface area contributed by atoms with Gasteiger partial charge in [-0.2, -0.15) is 10.2 Å². The zero-order valence-corrected chi connectivity index (χ0v) is 38.6. The monoisotopic (exact) mass is 842 g/mol. The van der Waals surface area contributed by atoms with Gasteiger partial charge in [0.1, 0.15) is 0 Å². The van der Waals surface area contributed by atoms with Crippen LogP contribution in [0, 0.1) is 55.4 Å². The minimum absolute atomic E-state index is 0.938. The number of hydrogen-bond donors (Lipinski definition) is 2. The van der Waals surface area contributed by atoms with E-state index in [9.17, 15) is 0 Å². The highest BCUT2D eigenvalue weighted by molar-refractivity contribution is 7.81. The van der Waals surface area contributed by atoms with Gasteiger partial charge in [-0.3, -0.25) is 10.2 Å². The molecule has 0 fully saturated rings. The fraction of sp³-hybridized carbons (Fsp3) is 0.143. The summed E-state index contributed by atoms with van der Waals surface area (Å²) in [6.07, 6.45) is 3.78.